The molecular weight excluding hydrogens is 202 g/mol. The monoisotopic (exact) mass is 221 g/mol. The lowest BCUT2D eigenvalue weighted by Gasteiger charge is -2.16. The van der Waals surface area contributed by atoms with Crippen molar-refractivity contribution >= 4 is 0 Å². The Kier molecular flexibility index (Phi) is 3.80. The van der Waals surface area contributed by atoms with Gasteiger partial charge in [-0.25, -0.2) is 0 Å². The second-order valence-electron chi connectivity index (χ2n) is 4.21. The molecule has 1 unspecified atom stereocenters. The van der Waals surface area contributed by atoms with Crippen molar-refractivity contribution in [2.45, 2.75) is 32.4 Å². The van der Waals surface area contributed by atoms with Crippen LogP contribution in [0.2, 0.25) is 0 Å². The maximum atomic E-state index is 5.84. The molecule has 3 heteroatoms. The van der Waals surface area contributed by atoms with Crippen LogP contribution in [0.1, 0.15) is 24.0 Å². The first-order valence-corrected chi connectivity index (χ1v) is 5.84. The summed E-state index contributed by atoms with van der Waals surface area (Å²) < 4.78 is 11.4. The van der Waals surface area contributed by atoms with Crippen LogP contribution in [0.15, 0.2) is 18.2 Å². The highest BCUT2D eigenvalue weighted by Gasteiger charge is 2.17. The summed E-state index contributed by atoms with van der Waals surface area (Å²) in [6.45, 7) is 4.07. The predicted molar refractivity (Wildman–Crippen MR) is 63.5 cm³/mol. The van der Waals surface area contributed by atoms with Gasteiger partial charge in [0.15, 0.2) is 0 Å². The van der Waals surface area contributed by atoms with Gasteiger partial charge in [0.25, 0.3) is 0 Å². The Morgan fingerprint density at radius 2 is 2.38 bits per heavy atom. The van der Waals surface area contributed by atoms with E-state index < -0.39 is 0 Å². The van der Waals surface area contributed by atoms with Gasteiger partial charge in [-0.15, -0.1) is 0 Å². The smallest absolute Gasteiger partial charge is 0.126 e. The van der Waals surface area contributed by atoms with Crippen LogP contribution in [0.5, 0.6) is 5.75 Å². The van der Waals surface area contributed by atoms with Crippen molar-refractivity contribution in [2.24, 2.45) is 5.73 Å². The van der Waals surface area contributed by atoms with E-state index in [1.165, 1.54) is 0 Å². The number of nitrogens with two attached hydrogens (primary N) is 1. The minimum Gasteiger partial charge on any atom is -0.490 e. The molecule has 0 spiro atoms. The fourth-order valence-electron chi connectivity index (χ4n) is 2.03. The Bertz CT molecular complexity index is 346. The first-order valence-electron chi connectivity index (χ1n) is 5.84. The third-order valence-electron chi connectivity index (χ3n) is 2.95. The molecule has 0 bridgehead atoms. The van der Waals surface area contributed by atoms with E-state index in [0.717, 1.165) is 36.3 Å². The topological polar surface area (TPSA) is 44.5 Å². The maximum absolute atomic E-state index is 5.84. The van der Waals surface area contributed by atoms with Crippen molar-refractivity contribution in [1.82, 2.24) is 0 Å². The molecular formula is C13H19NO2. The van der Waals surface area contributed by atoms with Crippen LogP contribution in [0.25, 0.3) is 0 Å². The van der Waals surface area contributed by atoms with Gasteiger partial charge >= 0.3 is 0 Å². The minimum absolute atomic E-state index is 0.255. The molecule has 0 aromatic heterocycles. The highest BCUT2D eigenvalue weighted by atomic mass is 16.5. The normalized spacial score (nSPS) is 20.0. The number of hydrogen-bond acceptors (Lipinski definition) is 3. The lowest BCUT2D eigenvalue weighted by atomic mass is 10.1. The number of aryl methyl sites for hydroxylation is 1. The van der Waals surface area contributed by atoms with Crippen molar-refractivity contribution in [3.8, 4) is 5.75 Å². The van der Waals surface area contributed by atoms with Gasteiger partial charge in [-0.2, -0.15) is 0 Å². The Labute approximate surface area is 96.5 Å². The summed E-state index contributed by atoms with van der Waals surface area (Å²) in [5.41, 5.74) is 7.90. The molecule has 1 fully saturated rings. The largest absolute Gasteiger partial charge is 0.490 e. The van der Waals surface area contributed by atoms with Gasteiger partial charge in [-0.1, -0.05) is 18.2 Å². The molecule has 1 atom stereocenters. The van der Waals surface area contributed by atoms with Gasteiger partial charge in [-0.05, 0) is 25.3 Å². The molecule has 1 aliphatic rings. The van der Waals surface area contributed by atoms with Gasteiger partial charge in [0.2, 0.25) is 0 Å². The van der Waals surface area contributed by atoms with Crippen LogP contribution in [-0.4, -0.2) is 19.3 Å². The van der Waals surface area contributed by atoms with Crippen LogP contribution in [0, 0.1) is 6.92 Å². The Morgan fingerprint density at radius 3 is 3.06 bits per heavy atom. The van der Waals surface area contributed by atoms with Crippen LogP contribution in [0.3, 0.4) is 0 Å². The first-order chi connectivity index (χ1) is 7.81. The van der Waals surface area contributed by atoms with Crippen molar-refractivity contribution in [2.75, 3.05) is 13.2 Å². The summed E-state index contributed by atoms with van der Waals surface area (Å²) in [6.07, 6.45) is 2.50. The molecule has 0 aliphatic carbocycles. The second-order valence-corrected chi connectivity index (χ2v) is 4.21. The van der Waals surface area contributed by atoms with E-state index in [1.807, 2.05) is 25.1 Å². The second kappa shape index (κ2) is 5.32. The molecule has 1 saturated heterocycles. The minimum atomic E-state index is 0.255. The van der Waals surface area contributed by atoms with Crippen LogP contribution in [-0.2, 0) is 11.3 Å². The lowest BCUT2D eigenvalue weighted by molar-refractivity contribution is 0.0674. The number of hydrogen-bond donors (Lipinski definition) is 1. The summed E-state index contributed by atoms with van der Waals surface area (Å²) in [5, 5.41) is 0. The van der Waals surface area contributed by atoms with E-state index in [-0.39, 0.29) is 6.10 Å². The molecule has 2 N–H and O–H groups in total. The van der Waals surface area contributed by atoms with Crippen LogP contribution in [0.4, 0.5) is 0 Å². The molecule has 1 aromatic carbocycles. The zero-order chi connectivity index (χ0) is 11.4. The van der Waals surface area contributed by atoms with Crippen LogP contribution < -0.4 is 10.5 Å². The van der Waals surface area contributed by atoms with E-state index in [9.17, 15) is 0 Å². The number of rotatable bonds is 4. The average molecular weight is 221 g/mol. The summed E-state index contributed by atoms with van der Waals surface area (Å²) in [5.74, 6) is 0.931. The van der Waals surface area contributed by atoms with Crippen LogP contribution >= 0.6 is 0 Å². The van der Waals surface area contributed by atoms with Crippen molar-refractivity contribution in [3.05, 3.63) is 29.3 Å². The third-order valence-corrected chi connectivity index (χ3v) is 2.95. The zero-order valence-electron chi connectivity index (χ0n) is 9.74. The maximum Gasteiger partial charge on any atom is 0.126 e. The Hall–Kier alpha value is -1.06. The number of benzene rings is 1. The molecule has 88 valence electrons. The molecule has 3 nitrogen and oxygen atoms in total. The van der Waals surface area contributed by atoms with E-state index >= 15 is 0 Å². The van der Waals surface area contributed by atoms with Crippen molar-refractivity contribution in [3.63, 3.8) is 0 Å². The molecule has 1 aromatic rings. The van der Waals surface area contributed by atoms with Crippen molar-refractivity contribution in [1.29, 1.82) is 0 Å². The van der Waals surface area contributed by atoms with E-state index in [2.05, 4.69) is 0 Å². The molecule has 1 aliphatic heterocycles. The van der Waals surface area contributed by atoms with Gasteiger partial charge in [-0.3, -0.25) is 0 Å². The standard InChI is InChI=1S/C13H19NO2/c1-10-4-2-5-11(8-14)13(10)16-9-12-6-3-7-15-12/h2,4-5,12H,3,6-9,14H2,1H3. The first kappa shape index (κ1) is 11.4. The molecule has 0 radical (unpaired) electrons. The molecule has 0 saturated carbocycles. The summed E-state index contributed by atoms with van der Waals surface area (Å²) in [4.78, 5) is 0. The summed E-state index contributed by atoms with van der Waals surface area (Å²) >= 11 is 0. The highest BCUT2D eigenvalue weighted by Crippen LogP contribution is 2.24. The SMILES string of the molecule is Cc1cccc(CN)c1OCC1CCCO1. The van der Waals surface area contributed by atoms with Crippen molar-refractivity contribution < 1.29 is 9.47 Å². The quantitative estimate of drug-likeness (QED) is 0.846. The molecule has 16 heavy (non-hydrogen) atoms. The summed E-state index contributed by atoms with van der Waals surface area (Å²) in [6, 6.07) is 6.07. The molecule has 0 amide bonds. The van der Waals surface area contributed by atoms with E-state index in [4.69, 9.17) is 15.2 Å². The van der Waals surface area contributed by atoms with Gasteiger partial charge in [0.05, 0.1) is 6.10 Å². The molecule has 1 heterocycles. The van der Waals surface area contributed by atoms with E-state index in [1.54, 1.807) is 0 Å². The fraction of sp³-hybridized carbons (Fsp3) is 0.538. The predicted octanol–water partition coefficient (Wildman–Crippen LogP) is 2.01. The lowest BCUT2D eigenvalue weighted by Crippen LogP contribution is -2.17. The zero-order valence-corrected chi connectivity index (χ0v) is 9.74. The van der Waals surface area contributed by atoms with E-state index in [0.29, 0.717) is 13.2 Å². The number of para-hydroxylation sites is 1. The average Bonchev–Trinajstić information content (AvgIpc) is 2.80. The van der Waals surface area contributed by atoms with Gasteiger partial charge in [0, 0.05) is 18.7 Å². The van der Waals surface area contributed by atoms with Gasteiger partial charge < -0.3 is 15.2 Å². The highest BCUT2D eigenvalue weighted by molar-refractivity contribution is 5.40. The third kappa shape index (κ3) is 2.54. The molecule has 2 rings (SSSR count). The Morgan fingerprint density at radius 1 is 1.50 bits per heavy atom. The Balaban J connectivity index is 2.01. The number of ether oxygens (including phenoxy) is 2. The fourth-order valence-corrected chi connectivity index (χ4v) is 2.03. The summed E-state index contributed by atoms with van der Waals surface area (Å²) in [7, 11) is 0. The van der Waals surface area contributed by atoms with Gasteiger partial charge in [0.1, 0.15) is 12.4 Å².